The molecule has 23 heavy (non-hydrogen) atoms. The number of hydrogen-bond donors (Lipinski definition) is 0. The Labute approximate surface area is 138 Å². The van der Waals surface area contributed by atoms with Gasteiger partial charge in [0.05, 0.1) is 4.70 Å². The van der Waals surface area contributed by atoms with Gasteiger partial charge in [0.25, 0.3) is 5.91 Å². The zero-order valence-electron chi connectivity index (χ0n) is 13.0. The van der Waals surface area contributed by atoms with E-state index in [-0.39, 0.29) is 11.9 Å². The minimum Gasteiger partial charge on any atom is -0.334 e. The number of aromatic nitrogens is 3. The summed E-state index contributed by atoms with van der Waals surface area (Å²) in [6, 6.07) is 6.25. The first-order valence-electron chi connectivity index (χ1n) is 7.84. The summed E-state index contributed by atoms with van der Waals surface area (Å²) in [5.41, 5.74) is 1.76. The van der Waals surface area contributed by atoms with Crippen molar-refractivity contribution < 1.29 is 4.79 Å². The topological polar surface area (TPSA) is 51.0 Å². The predicted molar refractivity (Wildman–Crippen MR) is 90.6 cm³/mol. The van der Waals surface area contributed by atoms with E-state index in [9.17, 15) is 4.79 Å². The van der Waals surface area contributed by atoms with Crippen LogP contribution in [0.1, 0.15) is 29.0 Å². The number of fused-ring (bicyclic) bond motifs is 1. The Bertz CT molecular complexity index is 853. The normalized spacial score (nSPS) is 18.0. The first-order chi connectivity index (χ1) is 11.2. The van der Waals surface area contributed by atoms with Crippen molar-refractivity contribution in [1.82, 2.24) is 19.7 Å². The van der Waals surface area contributed by atoms with Gasteiger partial charge >= 0.3 is 0 Å². The number of hydrogen-bond acceptors (Lipinski definition) is 4. The van der Waals surface area contributed by atoms with Crippen molar-refractivity contribution in [2.75, 3.05) is 6.54 Å². The number of rotatable bonds is 3. The Morgan fingerprint density at radius 1 is 1.35 bits per heavy atom. The molecule has 5 nitrogen and oxygen atoms in total. The summed E-state index contributed by atoms with van der Waals surface area (Å²) in [5, 5.41) is 7.33. The quantitative estimate of drug-likeness (QED) is 0.743. The molecule has 1 aliphatic heterocycles. The highest BCUT2D eigenvalue weighted by atomic mass is 32.1. The monoisotopic (exact) mass is 326 g/mol. The summed E-state index contributed by atoms with van der Waals surface area (Å²) in [6.45, 7) is 0.810. The van der Waals surface area contributed by atoms with Crippen LogP contribution in [0.3, 0.4) is 0 Å². The second-order valence-corrected chi connectivity index (χ2v) is 6.86. The van der Waals surface area contributed by atoms with Gasteiger partial charge in [0, 0.05) is 44.1 Å². The molecule has 1 aliphatic rings. The Hall–Kier alpha value is -2.21. The third kappa shape index (κ3) is 2.53. The molecule has 0 bridgehead atoms. The molecule has 6 heteroatoms. The highest BCUT2D eigenvalue weighted by Gasteiger charge is 2.31. The lowest BCUT2D eigenvalue weighted by molar-refractivity contribution is 0.0732. The minimum absolute atomic E-state index is 0.0581. The maximum Gasteiger partial charge on any atom is 0.274 e. The van der Waals surface area contributed by atoms with Gasteiger partial charge in [0.2, 0.25) is 0 Å². The van der Waals surface area contributed by atoms with Crippen molar-refractivity contribution in [3.63, 3.8) is 0 Å². The summed E-state index contributed by atoms with van der Waals surface area (Å²) >= 11 is 1.59. The van der Waals surface area contributed by atoms with Gasteiger partial charge < -0.3 is 4.90 Å². The zero-order valence-corrected chi connectivity index (χ0v) is 13.8. The Balaban J connectivity index is 1.62. The second-order valence-electron chi connectivity index (χ2n) is 5.94. The molecule has 0 radical (unpaired) electrons. The lowest BCUT2D eigenvalue weighted by Crippen LogP contribution is -2.37. The zero-order chi connectivity index (χ0) is 15.8. The number of nitrogens with zero attached hydrogens (tertiary/aromatic N) is 4. The van der Waals surface area contributed by atoms with Crippen LogP contribution in [0.4, 0.5) is 0 Å². The first kappa shape index (κ1) is 14.4. The van der Waals surface area contributed by atoms with Crippen LogP contribution < -0.4 is 0 Å². The van der Waals surface area contributed by atoms with Crippen molar-refractivity contribution in [1.29, 1.82) is 0 Å². The van der Waals surface area contributed by atoms with Crippen LogP contribution in [0, 0.1) is 0 Å². The van der Waals surface area contributed by atoms with Crippen molar-refractivity contribution in [2.45, 2.75) is 25.3 Å². The number of likely N-dealkylation sites (tertiary alicyclic amines) is 1. The van der Waals surface area contributed by atoms with Crippen LogP contribution in [0.2, 0.25) is 0 Å². The van der Waals surface area contributed by atoms with Crippen molar-refractivity contribution >= 4 is 27.3 Å². The third-order valence-corrected chi connectivity index (χ3v) is 5.51. The van der Waals surface area contributed by atoms with Gasteiger partial charge in [-0.2, -0.15) is 5.10 Å². The minimum atomic E-state index is 0.0581. The molecule has 118 valence electrons. The summed E-state index contributed by atoms with van der Waals surface area (Å²) < 4.78 is 2.88. The van der Waals surface area contributed by atoms with Gasteiger partial charge in [-0.15, -0.1) is 11.3 Å². The van der Waals surface area contributed by atoms with Crippen LogP contribution in [0.15, 0.2) is 36.0 Å². The van der Waals surface area contributed by atoms with Crippen LogP contribution in [-0.2, 0) is 13.5 Å². The predicted octanol–water partition coefficient (Wildman–Crippen LogP) is 2.88. The largest absolute Gasteiger partial charge is 0.334 e. The van der Waals surface area contributed by atoms with E-state index in [4.69, 9.17) is 0 Å². The van der Waals surface area contributed by atoms with Crippen LogP contribution in [-0.4, -0.2) is 38.2 Å². The third-order valence-electron chi connectivity index (χ3n) is 4.58. The summed E-state index contributed by atoms with van der Waals surface area (Å²) in [4.78, 5) is 19.4. The van der Waals surface area contributed by atoms with Gasteiger partial charge in [0.15, 0.2) is 0 Å². The summed E-state index contributed by atoms with van der Waals surface area (Å²) in [5.74, 6) is 0.0581. The van der Waals surface area contributed by atoms with Crippen LogP contribution >= 0.6 is 11.3 Å². The number of carbonyl (C=O) groups is 1. The molecule has 3 aromatic rings. The van der Waals surface area contributed by atoms with Gasteiger partial charge in [-0.25, -0.2) is 4.98 Å². The molecule has 4 heterocycles. The molecular weight excluding hydrogens is 308 g/mol. The van der Waals surface area contributed by atoms with E-state index in [0.717, 1.165) is 41.6 Å². The summed E-state index contributed by atoms with van der Waals surface area (Å²) in [7, 11) is 1.95. The fraction of sp³-hybridized carbons (Fsp3) is 0.353. The van der Waals surface area contributed by atoms with Crippen LogP contribution in [0.5, 0.6) is 0 Å². The Morgan fingerprint density at radius 3 is 3.09 bits per heavy atom. The van der Waals surface area contributed by atoms with E-state index in [0.29, 0.717) is 5.69 Å². The molecular formula is C17H18N4OS. The average molecular weight is 326 g/mol. The molecule has 0 aliphatic carbocycles. The maximum atomic E-state index is 13.0. The van der Waals surface area contributed by atoms with Crippen molar-refractivity contribution in [3.05, 3.63) is 47.4 Å². The van der Waals surface area contributed by atoms with Crippen molar-refractivity contribution in [3.8, 4) is 0 Å². The molecule has 0 N–H and O–H groups in total. The number of carbonyl (C=O) groups excluding carboxylic acids is 1. The second kappa shape index (κ2) is 5.77. The van der Waals surface area contributed by atoms with Gasteiger partial charge in [0.1, 0.15) is 5.69 Å². The molecule has 0 aromatic carbocycles. The Kier molecular flexibility index (Phi) is 3.61. The van der Waals surface area contributed by atoms with Crippen molar-refractivity contribution in [2.24, 2.45) is 7.05 Å². The van der Waals surface area contributed by atoms with E-state index in [2.05, 4.69) is 10.1 Å². The Morgan fingerprint density at radius 2 is 2.26 bits per heavy atom. The molecule has 1 fully saturated rings. The molecule has 0 saturated carbocycles. The molecule has 1 amide bonds. The number of pyridine rings is 1. The van der Waals surface area contributed by atoms with E-state index in [1.165, 1.54) is 0 Å². The molecule has 0 spiro atoms. The van der Waals surface area contributed by atoms with E-state index in [1.54, 1.807) is 17.5 Å². The standard InChI is InChI=1S/C17H18N4OS/c1-20-13(5-8-19-20)11-14-3-2-9-21(14)17(22)15-16-12(4-7-18-15)6-10-23-16/h4-8,10,14H,2-3,9,11H2,1H3/t14-/m0/s1. The van der Waals surface area contributed by atoms with E-state index >= 15 is 0 Å². The summed E-state index contributed by atoms with van der Waals surface area (Å²) in [6.07, 6.45) is 6.48. The van der Waals surface area contributed by atoms with Crippen LogP contribution in [0.25, 0.3) is 10.1 Å². The number of aryl methyl sites for hydroxylation is 1. The maximum absolute atomic E-state index is 13.0. The molecule has 4 rings (SSSR count). The fourth-order valence-corrected chi connectivity index (χ4v) is 4.21. The molecule has 1 atom stereocenters. The fourth-order valence-electron chi connectivity index (χ4n) is 3.34. The number of amides is 1. The van der Waals surface area contributed by atoms with E-state index in [1.807, 2.05) is 46.4 Å². The lowest BCUT2D eigenvalue weighted by atomic mass is 10.1. The van der Waals surface area contributed by atoms with E-state index < -0.39 is 0 Å². The molecule has 0 unspecified atom stereocenters. The number of thiophene rings is 1. The molecule has 3 aromatic heterocycles. The van der Waals surface area contributed by atoms with Gasteiger partial charge in [-0.3, -0.25) is 9.48 Å². The highest BCUT2D eigenvalue weighted by molar-refractivity contribution is 7.17. The lowest BCUT2D eigenvalue weighted by Gasteiger charge is -2.24. The smallest absolute Gasteiger partial charge is 0.274 e. The average Bonchev–Trinajstić information content (AvgIpc) is 3.28. The SMILES string of the molecule is Cn1nccc1C[C@@H]1CCCN1C(=O)c1nccc2ccsc12. The molecule has 1 saturated heterocycles. The highest BCUT2D eigenvalue weighted by Crippen LogP contribution is 2.28. The van der Waals surface area contributed by atoms with Gasteiger partial charge in [-0.05, 0) is 41.8 Å². The van der Waals surface area contributed by atoms with Gasteiger partial charge in [-0.1, -0.05) is 0 Å². The first-order valence-corrected chi connectivity index (χ1v) is 8.72.